The molecule has 0 heterocycles. The van der Waals surface area contributed by atoms with Gasteiger partial charge in [0.15, 0.2) is 0 Å². The highest BCUT2D eigenvalue weighted by atomic mass is 16.6. The number of nitrogens with zero attached hydrogens (tertiary/aromatic N) is 2. The molecule has 6 heteroatoms. The summed E-state index contributed by atoms with van der Waals surface area (Å²) < 4.78 is 0. The molecule has 6 nitrogen and oxygen atoms in total. The largest absolute Gasteiger partial charge is 0.264 e. The number of hydrogen-bond donors (Lipinski definition) is 0. The van der Waals surface area contributed by atoms with Crippen LogP contribution in [0.5, 0.6) is 0 Å². The van der Waals surface area contributed by atoms with Gasteiger partial charge >= 0.3 is 0 Å². The van der Waals surface area contributed by atoms with Crippen LogP contribution in [0.4, 0.5) is 0 Å². The molecule has 114 valence electrons. The second-order valence-electron chi connectivity index (χ2n) is 6.68. The zero-order valence-corrected chi connectivity index (χ0v) is 12.2. The third-order valence-corrected chi connectivity index (χ3v) is 5.51. The van der Waals surface area contributed by atoms with E-state index in [1.54, 1.807) is 0 Å². The molecule has 0 aliphatic heterocycles. The molecule has 0 radical (unpaired) electrons. The summed E-state index contributed by atoms with van der Waals surface area (Å²) in [6.07, 6.45) is 4.82. The van der Waals surface area contributed by atoms with E-state index in [1.807, 2.05) is 13.8 Å². The van der Waals surface area contributed by atoms with Crippen LogP contribution in [0, 0.1) is 43.9 Å². The van der Waals surface area contributed by atoms with Gasteiger partial charge in [-0.1, -0.05) is 13.8 Å². The van der Waals surface area contributed by atoms with E-state index in [1.165, 1.54) is 0 Å². The van der Waals surface area contributed by atoms with E-state index in [2.05, 4.69) is 0 Å². The highest BCUT2D eigenvalue weighted by Crippen LogP contribution is 2.45. The normalized spacial score (nSPS) is 42.1. The van der Waals surface area contributed by atoms with E-state index >= 15 is 0 Å². The molecule has 6 unspecified atom stereocenters. The zero-order chi connectivity index (χ0) is 14.9. The lowest BCUT2D eigenvalue weighted by Crippen LogP contribution is -2.50. The maximum Gasteiger partial charge on any atom is 0.216 e. The second-order valence-corrected chi connectivity index (χ2v) is 6.68. The topological polar surface area (TPSA) is 86.3 Å². The highest BCUT2D eigenvalue weighted by Gasteiger charge is 2.52. The Hall–Kier alpha value is -1.20. The summed E-state index contributed by atoms with van der Waals surface area (Å²) in [7, 11) is 0. The fourth-order valence-electron chi connectivity index (χ4n) is 4.59. The third kappa shape index (κ3) is 2.79. The van der Waals surface area contributed by atoms with Crippen LogP contribution in [0.25, 0.3) is 0 Å². The molecule has 6 atom stereocenters. The average molecular weight is 284 g/mol. The van der Waals surface area contributed by atoms with Gasteiger partial charge in [-0.3, -0.25) is 20.2 Å². The van der Waals surface area contributed by atoms with E-state index in [9.17, 15) is 20.2 Å². The predicted octanol–water partition coefficient (Wildman–Crippen LogP) is 3.15. The first-order valence-corrected chi connectivity index (χ1v) is 7.70. The maximum absolute atomic E-state index is 11.4. The van der Waals surface area contributed by atoms with E-state index in [0.29, 0.717) is 12.8 Å². The Kier molecular flexibility index (Phi) is 4.60. The summed E-state index contributed by atoms with van der Waals surface area (Å²) in [6.45, 7) is 4.08. The molecule has 0 saturated heterocycles. The van der Waals surface area contributed by atoms with Gasteiger partial charge in [-0.15, -0.1) is 0 Å². The first-order chi connectivity index (χ1) is 9.43. The minimum absolute atomic E-state index is 0.135. The van der Waals surface area contributed by atoms with E-state index < -0.39 is 12.1 Å². The van der Waals surface area contributed by atoms with Gasteiger partial charge in [0.25, 0.3) is 0 Å². The van der Waals surface area contributed by atoms with Crippen molar-refractivity contribution >= 4 is 0 Å². The monoisotopic (exact) mass is 284 g/mol. The molecule has 0 bridgehead atoms. The van der Waals surface area contributed by atoms with Crippen LogP contribution in [0.1, 0.15) is 52.4 Å². The lowest BCUT2D eigenvalue weighted by Gasteiger charge is -2.42. The molecule has 2 aliphatic rings. The van der Waals surface area contributed by atoms with Crippen LogP contribution >= 0.6 is 0 Å². The fraction of sp³-hybridized carbons (Fsp3) is 1.00. The molecule has 0 N–H and O–H groups in total. The quantitative estimate of drug-likeness (QED) is 0.588. The van der Waals surface area contributed by atoms with Gasteiger partial charge in [0.2, 0.25) is 12.1 Å². The predicted molar refractivity (Wildman–Crippen MR) is 74.6 cm³/mol. The van der Waals surface area contributed by atoms with Crippen LogP contribution < -0.4 is 0 Å². The van der Waals surface area contributed by atoms with Crippen molar-refractivity contribution in [2.75, 3.05) is 0 Å². The molecule has 0 aromatic rings. The van der Waals surface area contributed by atoms with Crippen molar-refractivity contribution in [3.05, 3.63) is 20.2 Å². The molecule has 20 heavy (non-hydrogen) atoms. The first kappa shape index (κ1) is 15.2. The molecule has 0 aromatic carbocycles. The summed E-state index contributed by atoms with van der Waals surface area (Å²) in [4.78, 5) is 22.4. The lowest BCUT2D eigenvalue weighted by molar-refractivity contribution is -0.563. The van der Waals surface area contributed by atoms with E-state index in [-0.39, 0.29) is 33.5 Å². The van der Waals surface area contributed by atoms with Crippen LogP contribution in [0.15, 0.2) is 0 Å². The molecule has 0 spiro atoms. The zero-order valence-electron chi connectivity index (χ0n) is 12.2. The number of rotatable bonds is 3. The standard InChI is InChI=1S/C14H24N2O4/c1-9-5-3-7-11(15(17)18)13(9)14-10(2)6-4-8-12(14)16(19)20/h9-14H,3-8H2,1-2H3. The second kappa shape index (κ2) is 6.06. The summed E-state index contributed by atoms with van der Waals surface area (Å²) in [6, 6.07) is -1.18. The van der Waals surface area contributed by atoms with Gasteiger partial charge < -0.3 is 0 Å². The van der Waals surface area contributed by atoms with Crippen molar-refractivity contribution in [3.63, 3.8) is 0 Å². The molecular formula is C14H24N2O4. The van der Waals surface area contributed by atoms with Gasteiger partial charge in [0, 0.05) is 34.5 Å². The molecule has 2 saturated carbocycles. The Balaban J connectivity index is 2.31. The summed E-state index contributed by atoms with van der Waals surface area (Å²) in [5, 5.41) is 22.7. The Labute approximate surface area is 119 Å². The van der Waals surface area contributed by atoms with Crippen LogP contribution in [-0.4, -0.2) is 21.9 Å². The SMILES string of the molecule is CC1CCCC([N+](=O)[O-])C1C1C(C)CCCC1[N+](=O)[O-]. The van der Waals surface area contributed by atoms with Crippen molar-refractivity contribution in [3.8, 4) is 0 Å². The van der Waals surface area contributed by atoms with Crippen LogP contribution in [-0.2, 0) is 0 Å². The molecule has 2 fully saturated rings. The van der Waals surface area contributed by atoms with Crippen molar-refractivity contribution < 1.29 is 9.85 Å². The molecular weight excluding hydrogens is 260 g/mol. The average Bonchev–Trinajstić information content (AvgIpc) is 2.38. The van der Waals surface area contributed by atoms with Gasteiger partial charge in [-0.2, -0.15) is 0 Å². The molecule has 2 rings (SSSR count). The van der Waals surface area contributed by atoms with Crippen LogP contribution in [0.3, 0.4) is 0 Å². The minimum Gasteiger partial charge on any atom is -0.264 e. The van der Waals surface area contributed by atoms with E-state index in [4.69, 9.17) is 0 Å². The first-order valence-electron chi connectivity index (χ1n) is 7.70. The van der Waals surface area contributed by atoms with Crippen molar-refractivity contribution in [1.29, 1.82) is 0 Å². The minimum atomic E-state index is -0.591. The van der Waals surface area contributed by atoms with Gasteiger partial charge in [0.05, 0.1) is 0 Å². The third-order valence-electron chi connectivity index (χ3n) is 5.51. The fourth-order valence-corrected chi connectivity index (χ4v) is 4.59. The van der Waals surface area contributed by atoms with Gasteiger partial charge in [-0.05, 0) is 37.5 Å². The van der Waals surface area contributed by atoms with Gasteiger partial charge in [0.1, 0.15) is 0 Å². The molecule has 0 amide bonds. The molecule has 2 aliphatic carbocycles. The maximum atomic E-state index is 11.4. The Morgan fingerprint density at radius 1 is 0.750 bits per heavy atom. The Bertz CT molecular complexity index is 351. The number of hydrogen-bond acceptors (Lipinski definition) is 4. The Morgan fingerprint density at radius 2 is 1.10 bits per heavy atom. The summed E-state index contributed by atoms with van der Waals surface area (Å²) in [5.74, 6) is 0.160. The smallest absolute Gasteiger partial charge is 0.216 e. The van der Waals surface area contributed by atoms with E-state index in [0.717, 1.165) is 25.7 Å². The number of nitro groups is 2. The van der Waals surface area contributed by atoms with Crippen molar-refractivity contribution in [2.24, 2.45) is 23.7 Å². The van der Waals surface area contributed by atoms with Crippen molar-refractivity contribution in [2.45, 2.75) is 64.5 Å². The van der Waals surface area contributed by atoms with Gasteiger partial charge in [-0.25, -0.2) is 0 Å². The molecule has 0 aromatic heterocycles. The highest BCUT2D eigenvalue weighted by molar-refractivity contribution is 4.92. The van der Waals surface area contributed by atoms with Crippen LogP contribution in [0.2, 0.25) is 0 Å². The Morgan fingerprint density at radius 3 is 1.40 bits per heavy atom. The lowest BCUT2D eigenvalue weighted by atomic mass is 9.61. The summed E-state index contributed by atoms with van der Waals surface area (Å²) >= 11 is 0. The summed E-state index contributed by atoms with van der Waals surface area (Å²) in [5.41, 5.74) is 0. The van der Waals surface area contributed by atoms with Crippen molar-refractivity contribution in [1.82, 2.24) is 0 Å².